The Bertz CT molecular complexity index is 1120. The zero-order valence-corrected chi connectivity index (χ0v) is 20.2. The van der Waals surface area contributed by atoms with Gasteiger partial charge >= 0.3 is 0 Å². The second kappa shape index (κ2) is 10.1. The Labute approximate surface area is 204 Å². The van der Waals surface area contributed by atoms with Gasteiger partial charge in [0.05, 0.1) is 12.7 Å². The number of hydrogen-bond donors (Lipinski definition) is 2. The maximum Gasteiger partial charge on any atom is 0.236 e. The van der Waals surface area contributed by atoms with Gasteiger partial charge in [-0.3, -0.25) is 0 Å². The van der Waals surface area contributed by atoms with Crippen LogP contribution >= 0.6 is 11.3 Å². The molecule has 0 bridgehead atoms. The van der Waals surface area contributed by atoms with E-state index in [1.165, 1.54) is 4.90 Å². The van der Waals surface area contributed by atoms with Crippen LogP contribution in [0.5, 0.6) is 5.75 Å². The van der Waals surface area contributed by atoms with Crippen molar-refractivity contribution in [2.24, 2.45) is 5.92 Å². The third-order valence-corrected chi connectivity index (χ3v) is 7.52. The molecule has 1 fully saturated rings. The molecule has 0 aliphatic carbocycles. The number of rotatable bonds is 8. The number of thiophene rings is 1. The van der Waals surface area contributed by atoms with Gasteiger partial charge in [0.25, 0.3) is 0 Å². The minimum absolute atomic E-state index is 0.191. The summed E-state index contributed by atoms with van der Waals surface area (Å²) >= 11 is 1.66. The lowest BCUT2D eigenvalue weighted by Gasteiger charge is -2.35. The van der Waals surface area contributed by atoms with Crippen molar-refractivity contribution >= 4 is 11.3 Å². The Morgan fingerprint density at radius 3 is 2.41 bits per heavy atom. The Morgan fingerprint density at radius 1 is 1.09 bits per heavy atom. The third-order valence-electron chi connectivity index (χ3n) is 6.86. The predicted octanol–water partition coefficient (Wildman–Crippen LogP) is 4.28. The lowest BCUT2D eigenvalue weighted by molar-refractivity contribution is -0.923. The van der Waals surface area contributed by atoms with Crippen LogP contribution in [-0.2, 0) is 12.1 Å². The quantitative estimate of drug-likeness (QED) is 0.399. The molecular weight excluding hydrogens is 444 g/mol. The van der Waals surface area contributed by atoms with E-state index >= 15 is 0 Å². The molecule has 0 radical (unpaired) electrons. The SMILES string of the molecule is CCC1CC[NH+](Cc2cnc(C(O)(c3ccccc3)c3ccccc3)o2)CC1Oc1ccsc1. The van der Waals surface area contributed by atoms with Gasteiger partial charge in [0.1, 0.15) is 18.8 Å². The van der Waals surface area contributed by atoms with E-state index in [-0.39, 0.29) is 6.10 Å². The van der Waals surface area contributed by atoms with E-state index in [1.807, 2.05) is 66.7 Å². The molecule has 1 aliphatic rings. The van der Waals surface area contributed by atoms with Gasteiger partial charge in [-0.15, -0.1) is 11.3 Å². The molecule has 5 rings (SSSR count). The van der Waals surface area contributed by atoms with Crippen LogP contribution in [0.2, 0.25) is 0 Å². The van der Waals surface area contributed by atoms with Crippen molar-refractivity contribution in [3.63, 3.8) is 0 Å². The monoisotopic (exact) mass is 475 g/mol. The molecule has 176 valence electrons. The van der Waals surface area contributed by atoms with Gasteiger partial charge in [-0.2, -0.15) is 0 Å². The first kappa shape index (κ1) is 22.8. The molecule has 0 spiro atoms. The van der Waals surface area contributed by atoms with Crippen LogP contribution in [-0.4, -0.2) is 29.3 Å². The Kier molecular flexibility index (Phi) is 6.81. The number of benzene rings is 2. The van der Waals surface area contributed by atoms with Crippen molar-refractivity contribution in [2.45, 2.75) is 38.0 Å². The van der Waals surface area contributed by atoms with Crippen LogP contribution in [0.25, 0.3) is 0 Å². The lowest BCUT2D eigenvalue weighted by atomic mass is 9.86. The molecule has 2 aromatic heterocycles. The molecule has 3 heterocycles. The minimum Gasteiger partial charge on any atom is -0.483 e. The minimum atomic E-state index is -1.45. The zero-order valence-electron chi connectivity index (χ0n) is 19.4. The van der Waals surface area contributed by atoms with Crippen molar-refractivity contribution < 1.29 is 19.2 Å². The summed E-state index contributed by atoms with van der Waals surface area (Å²) in [6.07, 6.45) is 4.20. The maximum absolute atomic E-state index is 11.9. The smallest absolute Gasteiger partial charge is 0.236 e. The first-order chi connectivity index (χ1) is 16.7. The van der Waals surface area contributed by atoms with E-state index in [2.05, 4.69) is 22.7 Å². The molecule has 34 heavy (non-hydrogen) atoms. The van der Waals surface area contributed by atoms with Crippen molar-refractivity contribution in [3.05, 3.63) is 106 Å². The molecule has 1 aliphatic heterocycles. The van der Waals surface area contributed by atoms with Gasteiger partial charge in [-0.25, -0.2) is 4.98 Å². The summed E-state index contributed by atoms with van der Waals surface area (Å²) in [4.78, 5) is 5.97. The average Bonchev–Trinajstić information content (AvgIpc) is 3.57. The van der Waals surface area contributed by atoms with E-state index in [0.717, 1.165) is 48.6 Å². The van der Waals surface area contributed by atoms with Gasteiger partial charge in [0.15, 0.2) is 17.5 Å². The number of piperidine rings is 1. The summed E-state index contributed by atoms with van der Waals surface area (Å²) < 4.78 is 12.6. The fourth-order valence-electron chi connectivity index (χ4n) is 4.96. The van der Waals surface area contributed by atoms with Crippen LogP contribution < -0.4 is 9.64 Å². The largest absolute Gasteiger partial charge is 0.483 e. The first-order valence-corrected chi connectivity index (χ1v) is 12.9. The number of hydrogen-bond acceptors (Lipinski definition) is 5. The van der Waals surface area contributed by atoms with Crippen LogP contribution in [0.15, 0.2) is 88.1 Å². The standard InChI is InChI=1S/C28H30N2O3S/c1-2-21-13-15-30(19-26(21)32-24-14-16-34-20-24)18-25-17-29-27(33-25)28(31,22-9-5-3-6-10-22)23-11-7-4-8-12-23/h3-12,14,16-17,20-21,26,31H,2,13,15,18-19H2,1H3/p+1. The number of aliphatic hydroxyl groups is 1. The first-order valence-electron chi connectivity index (χ1n) is 12.0. The molecule has 0 saturated carbocycles. The Hall–Kier alpha value is -2.93. The molecule has 2 aromatic carbocycles. The molecule has 3 atom stereocenters. The van der Waals surface area contributed by atoms with Gasteiger partial charge in [0, 0.05) is 17.7 Å². The summed E-state index contributed by atoms with van der Waals surface area (Å²) in [6.45, 7) is 4.95. The van der Waals surface area contributed by atoms with Gasteiger partial charge in [0.2, 0.25) is 5.89 Å². The third kappa shape index (κ3) is 4.67. The van der Waals surface area contributed by atoms with Crippen molar-refractivity contribution in [1.29, 1.82) is 0 Å². The summed E-state index contributed by atoms with van der Waals surface area (Å²) in [5.41, 5.74) is 0.0143. The van der Waals surface area contributed by atoms with Crippen LogP contribution in [0, 0.1) is 5.92 Å². The van der Waals surface area contributed by atoms with Crippen LogP contribution in [0.3, 0.4) is 0 Å². The number of oxazole rings is 1. The summed E-state index contributed by atoms with van der Waals surface area (Å²) in [6, 6.07) is 21.2. The number of likely N-dealkylation sites (tertiary alicyclic amines) is 1. The Morgan fingerprint density at radius 2 is 1.79 bits per heavy atom. The second-order valence-corrected chi connectivity index (χ2v) is 9.81. The fourth-order valence-corrected chi connectivity index (χ4v) is 5.52. The average molecular weight is 476 g/mol. The predicted molar refractivity (Wildman–Crippen MR) is 133 cm³/mol. The molecule has 3 unspecified atom stereocenters. The highest BCUT2D eigenvalue weighted by Crippen LogP contribution is 2.36. The highest BCUT2D eigenvalue weighted by atomic mass is 32.1. The van der Waals surface area contributed by atoms with Crippen molar-refractivity contribution in [3.8, 4) is 5.75 Å². The Balaban J connectivity index is 1.36. The molecule has 2 N–H and O–H groups in total. The molecule has 0 amide bonds. The zero-order chi connectivity index (χ0) is 23.4. The molecule has 4 aromatic rings. The van der Waals surface area contributed by atoms with Crippen LogP contribution in [0.4, 0.5) is 0 Å². The van der Waals surface area contributed by atoms with E-state index in [4.69, 9.17) is 9.15 Å². The van der Waals surface area contributed by atoms with E-state index in [1.54, 1.807) is 17.5 Å². The molecule has 5 nitrogen and oxygen atoms in total. The fraction of sp³-hybridized carbons (Fsp3) is 0.321. The number of nitrogens with zero attached hydrogens (tertiary/aromatic N) is 1. The number of quaternary nitrogens is 1. The number of ether oxygens (including phenoxy) is 1. The summed E-state index contributed by atoms with van der Waals surface area (Å²) in [7, 11) is 0. The summed E-state index contributed by atoms with van der Waals surface area (Å²) in [5.74, 6) is 2.61. The van der Waals surface area contributed by atoms with Crippen molar-refractivity contribution in [1.82, 2.24) is 4.98 Å². The van der Waals surface area contributed by atoms with Gasteiger partial charge in [-0.1, -0.05) is 67.6 Å². The van der Waals surface area contributed by atoms with Gasteiger partial charge in [-0.05, 0) is 29.0 Å². The van der Waals surface area contributed by atoms with Crippen LogP contribution in [0.1, 0.15) is 42.5 Å². The van der Waals surface area contributed by atoms with E-state index < -0.39 is 5.60 Å². The second-order valence-electron chi connectivity index (χ2n) is 9.03. The van der Waals surface area contributed by atoms with E-state index in [0.29, 0.717) is 18.4 Å². The van der Waals surface area contributed by atoms with Crippen molar-refractivity contribution in [2.75, 3.05) is 13.1 Å². The topological polar surface area (TPSA) is 59.9 Å². The molecule has 6 heteroatoms. The number of aromatic nitrogens is 1. The summed E-state index contributed by atoms with van der Waals surface area (Å²) in [5, 5.41) is 16.0. The normalized spacial score (nSPS) is 20.8. The molecule has 1 saturated heterocycles. The maximum atomic E-state index is 11.9. The number of nitrogens with one attached hydrogen (secondary N) is 1. The van der Waals surface area contributed by atoms with E-state index in [9.17, 15) is 5.11 Å². The highest BCUT2D eigenvalue weighted by Gasteiger charge is 2.39. The lowest BCUT2D eigenvalue weighted by Crippen LogP contribution is -3.13. The highest BCUT2D eigenvalue weighted by molar-refractivity contribution is 7.08. The van der Waals surface area contributed by atoms with Gasteiger partial charge < -0.3 is 19.2 Å². The molecular formula is C28H31N2O3S+.